The van der Waals surface area contributed by atoms with Crippen molar-refractivity contribution in [2.24, 2.45) is 0 Å². The Morgan fingerprint density at radius 1 is 1.11 bits per heavy atom. The molecule has 0 radical (unpaired) electrons. The van der Waals surface area contributed by atoms with Crippen molar-refractivity contribution in [2.75, 3.05) is 19.6 Å². The molecule has 6 heteroatoms. The van der Waals surface area contributed by atoms with Crippen LogP contribution in [0.2, 0.25) is 0 Å². The van der Waals surface area contributed by atoms with Gasteiger partial charge < -0.3 is 14.3 Å². The Balaban J connectivity index is 1.33. The molecule has 0 N–H and O–H groups in total. The van der Waals surface area contributed by atoms with E-state index in [9.17, 15) is 9.59 Å². The van der Waals surface area contributed by atoms with E-state index in [2.05, 4.69) is 17.3 Å². The van der Waals surface area contributed by atoms with E-state index in [1.807, 2.05) is 23.1 Å². The normalized spacial score (nSPS) is 18.3. The first kappa shape index (κ1) is 17.8. The standard InChI is InChI=1S/C21H25N3O3/c25-20-15-23(12-13-24(20)18-8-4-5-9-18)21(26)19-14-17(22-27-19)11-10-16-6-2-1-3-7-16/h1-3,6-7,14,18H,4-5,8-13,15H2. The number of nitrogens with zero attached hydrogens (tertiary/aromatic N) is 3. The van der Waals surface area contributed by atoms with Crippen molar-refractivity contribution in [1.29, 1.82) is 0 Å². The number of piperazine rings is 1. The Morgan fingerprint density at radius 3 is 2.63 bits per heavy atom. The largest absolute Gasteiger partial charge is 0.351 e. The van der Waals surface area contributed by atoms with Crippen molar-refractivity contribution in [3.8, 4) is 0 Å². The Kier molecular flexibility index (Phi) is 5.23. The molecule has 0 bridgehead atoms. The Bertz CT molecular complexity index is 796. The van der Waals surface area contributed by atoms with E-state index in [1.54, 1.807) is 11.0 Å². The highest BCUT2D eigenvalue weighted by Crippen LogP contribution is 2.25. The lowest BCUT2D eigenvalue weighted by molar-refractivity contribution is -0.137. The van der Waals surface area contributed by atoms with Crippen molar-refractivity contribution in [3.63, 3.8) is 0 Å². The highest BCUT2D eigenvalue weighted by atomic mass is 16.5. The van der Waals surface area contributed by atoms with Gasteiger partial charge in [-0.3, -0.25) is 9.59 Å². The summed E-state index contributed by atoms with van der Waals surface area (Å²) in [5, 5.41) is 4.03. The van der Waals surface area contributed by atoms with E-state index in [-0.39, 0.29) is 24.1 Å². The van der Waals surface area contributed by atoms with Gasteiger partial charge in [0.05, 0.1) is 5.69 Å². The molecule has 27 heavy (non-hydrogen) atoms. The number of carbonyl (C=O) groups is 2. The van der Waals surface area contributed by atoms with Gasteiger partial charge in [0.2, 0.25) is 11.7 Å². The van der Waals surface area contributed by atoms with Gasteiger partial charge in [-0.15, -0.1) is 0 Å². The number of aryl methyl sites for hydroxylation is 2. The number of rotatable bonds is 5. The maximum Gasteiger partial charge on any atom is 0.293 e. The third-order valence-corrected chi connectivity index (χ3v) is 5.59. The van der Waals surface area contributed by atoms with Crippen LogP contribution in [0, 0.1) is 0 Å². The fourth-order valence-electron chi connectivity index (χ4n) is 4.07. The summed E-state index contributed by atoms with van der Waals surface area (Å²) in [6.45, 7) is 1.31. The van der Waals surface area contributed by atoms with Gasteiger partial charge in [-0.25, -0.2) is 0 Å². The molecular formula is C21H25N3O3. The molecule has 2 fully saturated rings. The van der Waals surface area contributed by atoms with Crippen LogP contribution in [0.1, 0.15) is 47.5 Å². The fourth-order valence-corrected chi connectivity index (χ4v) is 4.07. The molecule has 1 aromatic heterocycles. The molecular weight excluding hydrogens is 342 g/mol. The molecule has 2 aromatic rings. The summed E-state index contributed by atoms with van der Waals surface area (Å²) in [7, 11) is 0. The quantitative estimate of drug-likeness (QED) is 0.815. The Labute approximate surface area is 159 Å². The van der Waals surface area contributed by atoms with E-state index >= 15 is 0 Å². The van der Waals surface area contributed by atoms with Gasteiger partial charge in [0.25, 0.3) is 5.91 Å². The van der Waals surface area contributed by atoms with Crippen LogP contribution in [-0.4, -0.2) is 52.4 Å². The van der Waals surface area contributed by atoms with Crippen LogP contribution in [0.15, 0.2) is 40.9 Å². The third kappa shape index (κ3) is 4.04. The second-order valence-electron chi connectivity index (χ2n) is 7.42. The van der Waals surface area contributed by atoms with Crippen LogP contribution in [-0.2, 0) is 17.6 Å². The second-order valence-corrected chi connectivity index (χ2v) is 7.42. The van der Waals surface area contributed by atoms with Crippen LogP contribution < -0.4 is 0 Å². The lowest BCUT2D eigenvalue weighted by atomic mass is 10.1. The van der Waals surface area contributed by atoms with E-state index in [0.717, 1.165) is 31.4 Å². The molecule has 1 aliphatic carbocycles. The first-order valence-electron chi connectivity index (χ1n) is 9.79. The highest BCUT2D eigenvalue weighted by molar-refractivity contribution is 5.95. The maximum absolute atomic E-state index is 12.7. The minimum absolute atomic E-state index is 0.0466. The SMILES string of the molecule is O=C(c1cc(CCc2ccccc2)no1)N1CCN(C2CCCC2)C(=O)C1. The van der Waals surface area contributed by atoms with Crippen molar-refractivity contribution in [1.82, 2.24) is 15.0 Å². The van der Waals surface area contributed by atoms with Crippen LogP contribution in [0.3, 0.4) is 0 Å². The van der Waals surface area contributed by atoms with Crippen molar-refractivity contribution < 1.29 is 14.1 Å². The van der Waals surface area contributed by atoms with Gasteiger partial charge >= 0.3 is 0 Å². The number of aromatic nitrogens is 1. The molecule has 6 nitrogen and oxygen atoms in total. The average molecular weight is 367 g/mol. The first-order chi connectivity index (χ1) is 13.2. The van der Waals surface area contributed by atoms with Crippen LogP contribution in [0.5, 0.6) is 0 Å². The molecule has 1 aliphatic heterocycles. The lowest BCUT2D eigenvalue weighted by Gasteiger charge is -2.37. The van der Waals surface area contributed by atoms with Gasteiger partial charge in [0, 0.05) is 25.2 Å². The van der Waals surface area contributed by atoms with Crippen molar-refractivity contribution in [2.45, 2.75) is 44.6 Å². The van der Waals surface area contributed by atoms with Crippen molar-refractivity contribution in [3.05, 3.63) is 53.4 Å². The fraction of sp³-hybridized carbons (Fsp3) is 0.476. The molecule has 1 saturated carbocycles. The number of benzene rings is 1. The lowest BCUT2D eigenvalue weighted by Crippen LogP contribution is -2.54. The van der Waals surface area contributed by atoms with Crippen molar-refractivity contribution >= 4 is 11.8 Å². The molecule has 1 aromatic carbocycles. The maximum atomic E-state index is 12.7. The summed E-state index contributed by atoms with van der Waals surface area (Å²) in [5.41, 5.74) is 1.99. The molecule has 142 valence electrons. The minimum Gasteiger partial charge on any atom is -0.351 e. The van der Waals surface area contributed by atoms with Crippen LogP contribution in [0.25, 0.3) is 0 Å². The van der Waals surface area contributed by atoms with Gasteiger partial charge in [0.1, 0.15) is 6.54 Å². The molecule has 2 aliphatic rings. The van der Waals surface area contributed by atoms with Gasteiger partial charge in [0.15, 0.2) is 0 Å². The summed E-state index contributed by atoms with van der Waals surface area (Å²) in [6, 6.07) is 12.2. The van der Waals surface area contributed by atoms with Crippen LogP contribution in [0.4, 0.5) is 0 Å². The summed E-state index contributed by atoms with van der Waals surface area (Å²) in [4.78, 5) is 28.7. The number of hydrogen-bond donors (Lipinski definition) is 0. The second kappa shape index (κ2) is 7.94. The van der Waals surface area contributed by atoms with Crippen LogP contribution >= 0.6 is 0 Å². The molecule has 0 unspecified atom stereocenters. The summed E-state index contributed by atoms with van der Waals surface area (Å²) in [5.74, 6) is 0.0263. The number of hydrogen-bond acceptors (Lipinski definition) is 4. The third-order valence-electron chi connectivity index (χ3n) is 5.59. The Hall–Kier alpha value is -2.63. The molecule has 2 heterocycles. The summed E-state index contributed by atoms with van der Waals surface area (Å²) < 4.78 is 5.26. The predicted molar refractivity (Wildman–Crippen MR) is 100 cm³/mol. The summed E-state index contributed by atoms with van der Waals surface area (Å²) in [6.07, 6.45) is 6.13. The molecule has 4 rings (SSSR count). The average Bonchev–Trinajstić information content (AvgIpc) is 3.39. The molecule has 1 saturated heterocycles. The number of carbonyl (C=O) groups excluding carboxylic acids is 2. The molecule has 2 amide bonds. The monoisotopic (exact) mass is 367 g/mol. The Morgan fingerprint density at radius 2 is 1.89 bits per heavy atom. The predicted octanol–water partition coefficient (Wildman–Crippen LogP) is 2.69. The number of amides is 2. The zero-order valence-corrected chi connectivity index (χ0v) is 15.5. The molecule has 0 atom stereocenters. The topological polar surface area (TPSA) is 66.7 Å². The highest BCUT2D eigenvalue weighted by Gasteiger charge is 2.34. The van der Waals surface area contributed by atoms with Gasteiger partial charge in [-0.05, 0) is 31.2 Å². The first-order valence-corrected chi connectivity index (χ1v) is 9.79. The zero-order chi connectivity index (χ0) is 18.6. The van der Waals surface area contributed by atoms with Gasteiger partial charge in [-0.1, -0.05) is 48.3 Å². The van der Waals surface area contributed by atoms with E-state index in [4.69, 9.17) is 4.52 Å². The smallest absolute Gasteiger partial charge is 0.293 e. The van der Waals surface area contributed by atoms with E-state index in [0.29, 0.717) is 19.1 Å². The van der Waals surface area contributed by atoms with E-state index in [1.165, 1.54) is 18.4 Å². The zero-order valence-electron chi connectivity index (χ0n) is 15.5. The van der Waals surface area contributed by atoms with Gasteiger partial charge in [-0.2, -0.15) is 0 Å². The van der Waals surface area contributed by atoms with E-state index < -0.39 is 0 Å². The minimum atomic E-state index is -0.243. The summed E-state index contributed by atoms with van der Waals surface area (Å²) >= 11 is 0. The molecule has 0 spiro atoms.